The largest absolute Gasteiger partial charge is 0.326 e. The smallest absolute Gasteiger partial charge is 0.226 e. The highest BCUT2D eigenvalue weighted by Gasteiger charge is 2.08. The second-order valence-corrected chi connectivity index (χ2v) is 5.90. The van der Waals surface area contributed by atoms with Gasteiger partial charge in [-0.25, -0.2) is 4.98 Å². The van der Waals surface area contributed by atoms with Crippen LogP contribution in [0.2, 0.25) is 5.02 Å². The highest BCUT2D eigenvalue weighted by molar-refractivity contribution is 6.30. The normalized spacial score (nSPS) is 10.6. The van der Waals surface area contributed by atoms with Crippen molar-refractivity contribution < 1.29 is 4.79 Å². The van der Waals surface area contributed by atoms with Gasteiger partial charge in [0.15, 0.2) is 0 Å². The lowest BCUT2D eigenvalue weighted by molar-refractivity contribution is -0.118. The number of amides is 1. The fraction of sp³-hybridized carbons (Fsp3) is 0.176. The van der Waals surface area contributed by atoms with Crippen LogP contribution in [-0.4, -0.2) is 15.3 Å². The minimum Gasteiger partial charge on any atom is -0.326 e. The second-order valence-electron chi connectivity index (χ2n) is 5.46. The number of hydrogen-bond acceptors (Lipinski definition) is 2. The first-order valence-electron chi connectivity index (χ1n) is 7.08. The molecule has 0 saturated carbocycles. The Balaban J connectivity index is 0.00000192. The van der Waals surface area contributed by atoms with Crippen LogP contribution < -0.4 is 5.32 Å². The number of imidazole rings is 1. The van der Waals surface area contributed by atoms with E-state index in [1.165, 1.54) is 0 Å². The van der Waals surface area contributed by atoms with Gasteiger partial charge in [0.2, 0.25) is 5.91 Å². The van der Waals surface area contributed by atoms with Crippen molar-refractivity contribution in [2.45, 2.75) is 13.8 Å². The lowest BCUT2D eigenvalue weighted by Crippen LogP contribution is -2.17. The van der Waals surface area contributed by atoms with Crippen LogP contribution >= 0.6 is 24.0 Å². The molecule has 23 heavy (non-hydrogen) atoms. The van der Waals surface area contributed by atoms with Crippen LogP contribution in [0.25, 0.3) is 16.9 Å². The zero-order valence-corrected chi connectivity index (χ0v) is 14.4. The molecule has 3 aromatic rings. The van der Waals surface area contributed by atoms with Gasteiger partial charge in [0.25, 0.3) is 0 Å². The molecule has 2 heterocycles. The molecule has 0 saturated heterocycles. The summed E-state index contributed by atoms with van der Waals surface area (Å²) in [5.41, 5.74) is 3.48. The number of halogens is 2. The number of fused-ring (bicyclic) bond motifs is 1. The van der Waals surface area contributed by atoms with Crippen molar-refractivity contribution in [2.24, 2.45) is 5.92 Å². The van der Waals surface area contributed by atoms with E-state index >= 15 is 0 Å². The van der Waals surface area contributed by atoms with Gasteiger partial charge in [0.1, 0.15) is 5.65 Å². The first-order chi connectivity index (χ1) is 10.5. The van der Waals surface area contributed by atoms with E-state index in [4.69, 9.17) is 11.6 Å². The maximum atomic E-state index is 11.7. The van der Waals surface area contributed by atoms with Crippen LogP contribution in [0.5, 0.6) is 0 Å². The topological polar surface area (TPSA) is 46.4 Å². The SMILES string of the molecule is CC(C)C(=O)Nc1ccc(-c2cn3cc(Cl)ccc3n2)cc1.Cl. The highest BCUT2D eigenvalue weighted by atomic mass is 35.5. The van der Waals surface area contributed by atoms with E-state index in [9.17, 15) is 4.79 Å². The molecule has 1 N–H and O–H groups in total. The molecular weight excluding hydrogens is 333 g/mol. The number of rotatable bonds is 3. The molecule has 0 fully saturated rings. The molecule has 0 atom stereocenters. The summed E-state index contributed by atoms with van der Waals surface area (Å²) in [5.74, 6) is -0.0296. The van der Waals surface area contributed by atoms with Crippen molar-refractivity contribution >= 4 is 41.2 Å². The van der Waals surface area contributed by atoms with Crippen molar-refractivity contribution in [2.75, 3.05) is 5.32 Å². The highest BCUT2D eigenvalue weighted by Crippen LogP contribution is 2.22. The number of benzene rings is 1. The summed E-state index contributed by atoms with van der Waals surface area (Å²) in [4.78, 5) is 16.2. The van der Waals surface area contributed by atoms with Crippen LogP contribution in [0, 0.1) is 5.92 Å². The van der Waals surface area contributed by atoms with Crippen molar-refractivity contribution in [1.82, 2.24) is 9.38 Å². The predicted octanol–water partition coefficient (Wildman–Crippen LogP) is 4.67. The van der Waals surface area contributed by atoms with E-state index < -0.39 is 0 Å². The van der Waals surface area contributed by atoms with E-state index in [0.29, 0.717) is 5.02 Å². The number of anilines is 1. The van der Waals surface area contributed by atoms with Gasteiger partial charge in [0.05, 0.1) is 10.7 Å². The molecule has 1 amide bonds. The van der Waals surface area contributed by atoms with Gasteiger partial charge in [-0.1, -0.05) is 37.6 Å². The van der Waals surface area contributed by atoms with Gasteiger partial charge in [-0.3, -0.25) is 4.79 Å². The Morgan fingerprint density at radius 1 is 1.13 bits per heavy atom. The van der Waals surface area contributed by atoms with Crippen LogP contribution in [0.4, 0.5) is 5.69 Å². The number of aromatic nitrogens is 2. The molecule has 0 bridgehead atoms. The van der Waals surface area contributed by atoms with Gasteiger partial charge >= 0.3 is 0 Å². The maximum absolute atomic E-state index is 11.7. The standard InChI is InChI=1S/C17H16ClN3O.ClH/c1-11(2)17(22)19-14-6-3-12(4-7-14)15-10-21-9-13(18)5-8-16(21)20-15;/h3-11H,1-2H3,(H,19,22);1H. The molecule has 0 unspecified atom stereocenters. The van der Waals surface area contributed by atoms with Crippen molar-refractivity contribution in [3.63, 3.8) is 0 Å². The summed E-state index contributed by atoms with van der Waals surface area (Å²) in [6.07, 6.45) is 3.76. The quantitative estimate of drug-likeness (QED) is 0.746. The lowest BCUT2D eigenvalue weighted by Gasteiger charge is -2.07. The summed E-state index contributed by atoms with van der Waals surface area (Å²) in [5, 5.41) is 3.54. The summed E-state index contributed by atoms with van der Waals surface area (Å²) in [6, 6.07) is 11.3. The molecule has 0 aliphatic rings. The van der Waals surface area contributed by atoms with Crippen LogP contribution in [0.15, 0.2) is 48.8 Å². The lowest BCUT2D eigenvalue weighted by atomic mass is 10.1. The molecule has 0 radical (unpaired) electrons. The fourth-order valence-corrected chi connectivity index (χ4v) is 2.28. The summed E-state index contributed by atoms with van der Waals surface area (Å²) in [7, 11) is 0. The summed E-state index contributed by atoms with van der Waals surface area (Å²) >= 11 is 5.98. The maximum Gasteiger partial charge on any atom is 0.226 e. The van der Waals surface area contributed by atoms with Crippen molar-refractivity contribution in [3.05, 3.63) is 53.8 Å². The summed E-state index contributed by atoms with van der Waals surface area (Å²) < 4.78 is 1.89. The molecule has 6 heteroatoms. The van der Waals surface area contributed by atoms with Crippen LogP contribution in [0.1, 0.15) is 13.8 Å². The summed E-state index contributed by atoms with van der Waals surface area (Å²) in [6.45, 7) is 3.73. The number of pyridine rings is 1. The van der Waals surface area contributed by atoms with Gasteiger partial charge in [-0.2, -0.15) is 0 Å². The third-order valence-corrected chi connectivity index (χ3v) is 3.61. The number of carbonyl (C=O) groups excluding carboxylic acids is 1. The minimum absolute atomic E-state index is 0. The second kappa shape index (κ2) is 7.02. The van der Waals surface area contributed by atoms with Crippen LogP contribution in [-0.2, 0) is 4.79 Å². The number of carbonyl (C=O) groups is 1. The third-order valence-electron chi connectivity index (χ3n) is 3.39. The first-order valence-corrected chi connectivity index (χ1v) is 7.46. The molecule has 2 aromatic heterocycles. The average molecular weight is 350 g/mol. The fourth-order valence-electron chi connectivity index (χ4n) is 2.11. The molecule has 0 aliphatic carbocycles. The Hall–Kier alpha value is -2.04. The minimum atomic E-state index is -0.0390. The number of nitrogens with zero attached hydrogens (tertiary/aromatic N) is 2. The van der Waals surface area contributed by atoms with Crippen molar-refractivity contribution in [1.29, 1.82) is 0 Å². The van der Waals surface area contributed by atoms with E-state index in [0.717, 1.165) is 22.6 Å². The van der Waals surface area contributed by atoms with Gasteiger partial charge in [0, 0.05) is 29.6 Å². The Labute approximate surface area is 145 Å². The predicted molar refractivity (Wildman–Crippen MR) is 96.4 cm³/mol. The van der Waals surface area contributed by atoms with Gasteiger partial charge < -0.3 is 9.72 Å². The van der Waals surface area contributed by atoms with E-state index in [-0.39, 0.29) is 24.2 Å². The molecule has 1 aromatic carbocycles. The van der Waals surface area contributed by atoms with Crippen LogP contribution in [0.3, 0.4) is 0 Å². The zero-order chi connectivity index (χ0) is 15.7. The monoisotopic (exact) mass is 349 g/mol. The van der Waals surface area contributed by atoms with Gasteiger partial charge in [-0.05, 0) is 24.3 Å². The molecule has 3 rings (SSSR count). The van der Waals surface area contributed by atoms with E-state index in [1.807, 2.05) is 67.0 Å². The number of hydrogen-bond donors (Lipinski definition) is 1. The molecule has 0 aliphatic heterocycles. The number of nitrogens with one attached hydrogen (secondary N) is 1. The van der Waals surface area contributed by atoms with Crippen molar-refractivity contribution in [3.8, 4) is 11.3 Å². The Morgan fingerprint density at radius 3 is 2.48 bits per heavy atom. The van der Waals surface area contributed by atoms with Gasteiger partial charge in [-0.15, -0.1) is 12.4 Å². The Kier molecular flexibility index (Phi) is 5.29. The molecular formula is C17H17Cl2N3O. The first kappa shape index (κ1) is 17.3. The Morgan fingerprint density at radius 2 is 1.83 bits per heavy atom. The molecule has 4 nitrogen and oxygen atoms in total. The van der Waals surface area contributed by atoms with E-state index in [2.05, 4.69) is 10.3 Å². The zero-order valence-electron chi connectivity index (χ0n) is 12.8. The Bertz CT molecular complexity index is 825. The molecule has 120 valence electrons. The average Bonchev–Trinajstić information content (AvgIpc) is 2.90. The third kappa shape index (κ3) is 3.84. The van der Waals surface area contributed by atoms with E-state index in [1.54, 1.807) is 0 Å². The molecule has 0 spiro atoms.